The van der Waals surface area contributed by atoms with E-state index < -0.39 is 12.1 Å². The Morgan fingerprint density at radius 3 is 2.85 bits per heavy atom. The second-order valence-corrected chi connectivity index (χ2v) is 6.58. The van der Waals surface area contributed by atoms with Gasteiger partial charge in [0, 0.05) is 17.9 Å². The van der Waals surface area contributed by atoms with Gasteiger partial charge in [-0.1, -0.05) is 13.5 Å². The first kappa shape index (κ1) is 14.0. The van der Waals surface area contributed by atoms with Crippen LogP contribution in [-0.4, -0.2) is 23.3 Å². The highest BCUT2D eigenvalue weighted by molar-refractivity contribution is 5.89. The van der Waals surface area contributed by atoms with Gasteiger partial charge in [0.1, 0.15) is 0 Å². The first-order valence-electron chi connectivity index (χ1n) is 7.35. The van der Waals surface area contributed by atoms with E-state index in [0.717, 1.165) is 19.3 Å². The van der Waals surface area contributed by atoms with Crippen molar-refractivity contribution in [1.29, 1.82) is 0 Å². The van der Waals surface area contributed by atoms with Crippen molar-refractivity contribution in [3.8, 4) is 0 Å². The fourth-order valence-electron chi connectivity index (χ4n) is 4.12. The number of esters is 1. The molecule has 1 N–H and O–H groups in total. The highest BCUT2D eigenvalue weighted by atomic mass is 17.1. The molecule has 6 atom stereocenters. The third kappa shape index (κ3) is 2.08. The molecule has 5 nitrogen and oxygen atoms in total. The summed E-state index contributed by atoms with van der Waals surface area (Å²) in [5, 5.41) is 9.11. The molecule has 2 saturated heterocycles. The van der Waals surface area contributed by atoms with E-state index in [1.807, 2.05) is 0 Å². The van der Waals surface area contributed by atoms with E-state index >= 15 is 0 Å². The lowest BCUT2D eigenvalue weighted by Gasteiger charge is -2.46. The van der Waals surface area contributed by atoms with Crippen LogP contribution in [0.4, 0.5) is 0 Å². The summed E-state index contributed by atoms with van der Waals surface area (Å²) in [6.45, 7) is 7.83. The van der Waals surface area contributed by atoms with E-state index in [0.29, 0.717) is 23.8 Å². The van der Waals surface area contributed by atoms with E-state index in [2.05, 4.69) is 18.4 Å². The van der Waals surface area contributed by atoms with Gasteiger partial charge in [-0.15, -0.1) is 0 Å². The minimum Gasteiger partial charge on any atom is -0.432 e. The largest absolute Gasteiger partial charge is 0.432 e. The predicted molar refractivity (Wildman–Crippen MR) is 70.3 cm³/mol. The lowest BCUT2D eigenvalue weighted by molar-refractivity contribution is -0.424. The van der Waals surface area contributed by atoms with Crippen molar-refractivity contribution in [2.75, 3.05) is 0 Å². The minimum atomic E-state index is -1.11. The van der Waals surface area contributed by atoms with Gasteiger partial charge in [0.15, 0.2) is 0 Å². The Labute approximate surface area is 118 Å². The highest BCUT2D eigenvalue weighted by Gasteiger charge is 2.53. The van der Waals surface area contributed by atoms with Crippen molar-refractivity contribution in [1.82, 2.24) is 0 Å². The predicted octanol–water partition coefficient (Wildman–Crippen LogP) is 2.72. The van der Waals surface area contributed by atoms with Crippen LogP contribution in [0.1, 0.15) is 39.5 Å². The molecule has 0 aromatic rings. The van der Waals surface area contributed by atoms with Crippen LogP contribution in [0.2, 0.25) is 0 Å². The molecular weight excluding hydrogens is 260 g/mol. The number of rotatable bonds is 1. The normalized spacial score (nSPS) is 48.2. The summed E-state index contributed by atoms with van der Waals surface area (Å²) in [6.07, 6.45) is 2.86. The Hall–Kier alpha value is -0.910. The average molecular weight is 282 g/mol. The fourth-order valence-corrected chi connectivity index (χ4v) is 4.12. The molecule has 0 aromatic heterocycles. The first-order valence-corrected chi connectivity index (χ1v) is 7.35. The maximum absolute atomic E-state index is 11.9. The van der Waals surface area contributed by atoms with Gasteiger partial charge in [0.25, 0.3) is 0 Å². The van der Waals surface area contributed by atoms with Crippen molar-refractivity contribution in [2.45, 2.75) is 51.6 Å². The molecule has 1 aliphatic carbocycles. The molecule has 0 spiro atoms. The van der Waals surface area contributed by atoms with Gasteiger partial charge < -0.3 is 9.47 Å². The molecule has 3 aliphatic rings. The Balaban J connectivity index is 1.96. The van der Waals surface area contributed by atoms with Gasteiger partial charge in [0.05, 0.1) is 0 Å². The van der Waals surface area contributed by atoms with Crippen LogP contribution in [-0.2, 0) is 19.2 Å². The van der Waals surface area contributed by atoms with E-state index in [9.17, 15) is 4.79 Å². The van der Waals surface area contributed by atoms with Crippen LogP contribution in [0, 0.1) is 23.7 Å². The zero-order valence-electron chi connectivity index (χ0n) is 12.0. The van der Waals surface area contributed by atoms with E-state index in [1.165, 1.54) is 0 Å². The van der Waals surface area contributed by atoms with Crippen molar-refractivity contribution in [3.05, 3.63) is 12.2 Å². The Kier molecular flexibility index (Phi) is 3.39. The highest BCUT2D eigenvalue weighted by Crippen LogP contribution is 2.52. The molecule has 2 heterocycles. The van der Waals surface area contributed by atoms with Gasteiger partial charge >= 0.3 is 5.97 Å². The first-order chi connectivity index (χ1) is 9.45. The van der Waals surface area contributed by atoms with Crippen molar-refractivity contribution < 1.29 is 24.4 Å². The maximum Gasteiger partial charge on any atom is 0.336 e. The SMILES string of the molecule is C=C1C(=O)OC2OC(C)(OO)CCC3C(C)CCC1C23. The molecule has 3 rings (SSSR count). The lowest BCUT2D eigenvalue weighted by Crippen LogP contribution is -2.50. The zero-order valence-corrected chi connectivity index (χ0v) is 12.0. The molecule has 5 heteroatoms. The minimum absolute atomic E-state index is 0.126. The van der Waals surface area contributed by atoms with E-state index in [1.54, 1.807) is 6.92 Å². The average Bonchev–Trinajstić information content (AvgIpc) is 2.57. The number of hydrogen-bond acceptors (Lipinski definition) is 5. The van der Waals surface area contributed by atoms with E-state index in [4.69, 9.17) is 14.7 Å². The van der Waals surface area contributed by atoms with E-state index in [-0.39, 0.29) is 17.8 Å². The molecule has 2 aliphatic heterocycles. The van der Waals surface area contributed by atoms with Crippen LogP contribution in [0.5, 0.6) is 0 Å². The molecule has 0 amide bonds. The van der Waals surface area contributed by atoms with Crippen molar-refractivity contribution in [3.63, 3.8) is 0 Å². The molecule has 3 fully saturated rings. The van der Waals surface area contributed by atoms with Gasteiger partial charge in [-0.2, -0.15) is 0 Å². The number of carbonyl (C=O) groups is 1. The molecular formula is C15H22O5. The third-order valence-electron chi connectivity index (χ3n) is 5.36. The molecule has 112 valence electrons. The number of carbonyl (C=O) groups excluding carboxylic acids is 1. The Morgan fingerprint density at radius 2 is 2.15 bits per heavy atom. The second-order valence-electron chi connectivity index (χ2n) is 6.58. The Morgan fingerprint density at radius 1 is 1.40 bits per heavy atom. The summed E-state index contributed by atoms with van der Waals surface area (Å²) >= 11 is 0. The van der Waals surface area contributed by atoms with Gasteiger partial charge in [-0.05, 0) is 43.9 Å². The van der Waals surface area contributed by atoms with Crippen molar-refractivity contribution in [2.24, 2.45) is 23.7 Å². The fraction of sp³-hybridized carbons (Fsp3) is 0.800. The van der Waals surface area contributed by atoms with Crippen LogP contribution >= 0.6 is 0 Å². The molecule has 0 aromatic carbocycles. The number of ether oxygens (including phenoxy) is 2. The summed E-state index contributed by atoms with van der Waals surface area (Å²) in [6, 6.07) is 0. The van der Waals surface area contributed by atoms with Gasteiger partial charge in [0.2, 0.25) is 12.1 Å². The van der Waals surface area contributed by atoms with Gasteiger partial charge in [-0.25, -0.2) is 14.9 Å². The van der Waals surface area contributed by atoms with Crippen LogP contribution < -0.4 is 0 Å². The standard InChI is InChI=1S/C15H22O5/c1-8-4-5-11-9(2)13(16)18-14-12(11)10(8)6-7-15(3,19-14)20-17/h8,10-12,14,17H,2,4-7H2,1,3H3. The van der Waals surface area contributed by atoms with Crippen LogP contribution in [0.3, 0.4) is 0 Å². The Bertz CT molecular complexity index is 434. The summed E-state index contributed by atoms with van der Waals surface area (Å²) in [4.78, 5) is 16.5. The summed E-state index contributed by atoms with van der Waals surface area (Å²) < 4.78 is 11.2. The van der Waals surface area contributed by atoms with Gasteiger partial charge in [-0.3, -0.25) is 0 Å². The second kappa shape index (κ2) is 4.83. The van der Waals surface area contributed by atoms with Crippen LogP contribution in [0.15, 0.2) is 12.2 Å². The summed E-state index contributed by atoms with van der Waals surface area (Å²) in [7, 11) is 0. The molecule has 1 saturated carbocycles. The quantitative estimate of drug-likeness (QED) is 0.347. The van der Waals surface area contributed by atoms with Crippen LogP contribution in [0.25, 0.3) is 0 Å². The smallest absolute Gasteiger partial charge is 0.336 e. The molecule has 0 radical (unpaired) electrons. The monoisotopic (exact) mass is 282 g/mol. The molecule has 6 unspecified atom stereocenters. The molecule has 0 bridgehead atoms. The lowest BCUT2D eigenvalue weighted by atomic mass is 9.63. The third-order valence-corrected chi connectivity index (χ3v) is 5.36. The summed E-state index contributed by atoms with van der Waals surface area (Å²) in [5.74, 6) is -0.282. The topological polar surface area (TPSA) is 65.0 Å². The van der Waals surface area contributed by atoms with Crippen molar-refractivity contribution >= 4 is 5.97 Å². The maximum atomic E-state index is 11.9. The zero-order chi connectivity index (χ0) is 14.5. The number of hydrogen-bond donors (Lipinski definition) is 1. The molecule has 20 heavy (non-hydrogen) atoms. The summed E-state index contributed by atoms with van der Waals surface area (Å²) in [5.41, 5.74) is 0.570.